The normalized spacial score (nSPS) is 24.9. The Hall–Kier alpha value is -0.420. The number of fused-ring (bicyclic) bond motifs is 1. The molecular weight excluding hydrogens is 280 g/mol. The molecule has 1 heterocycles. The average Bonchev–Trinajstić information content (AvgIpc) is 2.76. The van der Waals surface area contributed by atoms with Crippen LogP contribution in [0.25, 0.3) is 0 Å². The smallest absolute Gasteiger partial charge is 0.0608 e. The lowest BCUT2D eigenvalue weighted by molar-refractivity contribution is 0.00348. The molecule has 0 radical (unpaired) electrons. The third-order valence-electron chi connectivity index (χ3n) is 3.56. The van der Waals surface area contributed by atoms with Gasteiger partial charge in [-0.2, -0.15) is 0 Å². The van der Waals surface area contributed by atoms with E-state index in [9.17, 15) is 0 Å². The van der Waals surface area contributed by atoms with Crippen molar-refractivity contribution in [2.45, 2.75) is 18.9 Å². The third kappa shape index (κ3) is 2.40. The van der Waals surface area contributed by atoms with Crippen LogP contribution in [0.3, 0.4) is 0 Å². The fourth-order valence-electron chi connectivity index (χ4n) is 2.66. The molecule has 1 aromatic rings. The maximum atomic E-state index is 5.36. The lowest BCUT2D eigenvalue weighted by Crippen LogP contribution is -2.46. The van der Waals surface area contributed by atoms with Gasteiger partial charge in [-0.25, -0.2) is 10.4 Å². The predicted molar refractivity (Wildman–Crippen MR) is 70.7 cm³/mol. The van der Waals surface area contributed by atoms with Gasteiger partial charge in [0, 0.05) is 23.6 Å². The van der Waals surface area contributed by atoms with Gasteiger partial charge < -0.3 is 4.74 Å². The number of nitrogens with zero attached hydrogens (tertiary/aromatic N) is 1. The summed E-state index contributed by atoms with van der Waals surface area (Å²) in [4.78, 5) is 0. The van der Waals surface area contributed by atoms with Crippen LogP contribution in [0.15, 0.2) is 22.7 Å². The predicted octanol–water partition coefficient (Wildman–Crippen LogP) is 2.27. The first-order valence-corrected chi connectivity index (χ1v) is 7.00. The number of halogens is 1. The Labute approximate surface area is 110 Å². The Kier molecular flexibility index (Phi) is 3.47. The molecule has 3 rings (SSSR count). The van der Waals surface area contributed by atoms with Gasteiger partial charge in [0.2, 0.25) is 0 Å². The van der Waals surface area contributed by atoms with E-state index in [-0.39, 0.29) is 0 Å². The molecule has 1 unspecified atom stereocenters. The van der Waals surface area contributed by atoms with Crippen molar-refractivity contribution in [2.75, 3.05) is 26.3 Å². The number of nitrogens with one attached hydrogen (secondary N) is 1. The number of hydrogen-bond acceptors (Lipinski definition) is 3. The van der Waals surface area contributed by atoms with E-state index in [1.165, 1.54) is 28.4 Å². The van der Waals surface area contributed by atoms with Gasteiger partial charge in [0.05, 0.1) is 13.2 Å². The van der Waals surface area contributed by atoms with E-state index in [4.69, 9.17) is 4.74 Å². The molecule has 1 aliphatic heterocycles. The molecule has 4 heteroatoms. The lowest BCUT2D eigenvalue weighted by Gasteiger charge is -2.30. The van der Waals surface area contributed by atoms with E-state index in [2.05, 4.69) is 44.6 Å². The molecule has 3 nitrogen and oxygen atoms in total. The van der Waals surface area contributed by atoms with E-state index in [1.54, 1.807) is 0 Å². The Morgan fingerprint density at radius 2 is 2.12 bits per heavy atom. The molecule has 17 heavy (non-hydrogen) atoms. The second-order valence-electron chi connectivity index (χ2n) is 4.63. The van der Waals surface area contributed by atoms with Crippen molar-refractivity contribution in [3.05, 3.63) is 33.8 Å². The zero-order chi connectivity index (χ0) is 11.7. The fourth-order valence-corrected chi connectivity index (χ4v) is 3.24. The van der Waals surface area contributed by atoms with Crippen molar-refractivity contribution < 1.29 is 4.74 Å². The van der Waals surface area contributed by atoms with E-state index in [1.807, 2.05) is 0 Å². The topological polar surface area (TPSA) is 24.5 Å². The Bertz CT molecular complexity index is 404. The Morgan fingerprint density at radius 1 is 1.29 bits per heavy atom. The summed E-state index contributed by atoms with van der Waals surface area (Å²) in [5, 5.41) is 2.30. The zero-order valence-electron chi connectivity index (χ0n) is 9.79. The summed E-state index contributed by atoms with van der Waals surface area (Å²) in [5.74, 6) is 0. The summed E-state index contributed by atoms with van der Waals surface area (Å²) in [6.45, 7) is 3.65. The molecule has 1 fully saturated rings. The SMILES string of the molecule is Brc1cccc2c1CCC2NN1CCOCC1. The molecule has 1 atom stereocenters. The van der Waals surface area contributed by atoms with Crippen molar-refractivity contribution in [2.24, 2.45) is 0 Å². The highest BCUT2D eigenvalue weighted by molar-refractivity contribution is 9.10. The first kappa shape index (κ1) is 11.7. The van der Waals surface area contributed by atoms with Gasteiger partial charge >= 0.3 is 0 Å². The van der Waals surface area contributed by atoms with Crippen LogP contribution in [-0.2, 0) is 11.2 Å². The van der Waals surface area contributed by atoms with Gasteiger partial charge in [0.1, 0.15) is 0 Å². The minimum atomic E-state index is 0.473. The number of rotatable bonds is 2. The third-order valence-corrected chi connectivity index (χ3v) is 4.31. The summed E-state index contributed by atoms with van der Waals surface area (Å²) in [7, 11) is 0. The number of hydrogen-bond donors (Lipinski definition) is 1. The van der Waals surface area contributed by atoms with Crippen LogP contribution in [-0.4, -0.2) is 31.3 Å². The van der Waals surface area contributed by atoms with Crippen LogP contribution in [0.4, 0.5) is 0 Å². The minimum absolute atomic E-state index is 0.473. The summed E-state index contributed by atoms with van der Waals surface area (Å²) in [6.07, 6.45) is 2.36. The highest BCUT2D eigenvalue weighted by Gasteiger charge is 2.25. The minimum Gasteiger partial charge on any atom is -0.379 e. The van der Waals surface area contributed by atoms with E-state index < -0.39 is 0 Å². The summed E-state index contributed by atoms with van der Waals surface area (Å²) >= 11 is 3.64. The molecule has 0 saturated carbocycles. The Balaban J connectivity index is 1.72. The molecule has 0 aromatic heterocycles. The van der Waals surface area contributed by atoms with Crippen LogP contribution in [0.2, 0.25) is 0 Å². The number of hydrazine groups is 1. The number of benzene rings is 1. The van der Waals surface area contributed by atoms with Gasteiger partial charge in [-0.1, -0.05) is 28.1 Å². The lowest BCUT2D eigenvalue weighted by atomic mass is 10.1. The molecular formula is C13H17BrN2O. The van der Waals surface area contributed by atoms with Gasteiger partial charge in [-0.05, 0) is 30.0 Å². The highest BCUT2D eigenvalue weighted by atomic mass is 79.9. The Morgan fingerprint density at radius 3 is 2.94 bits per heavy atom. The van der Waals surface area contributed by atoms with Gasteiger partial charge in [0.15, 0.2) is 0 Å². The zero-order valence-corrected chi connectivity index (χ0v) is 11.4. The molecule has 0 spiro atoms. The van der Waals surface area contributed by atoms with Crippen molar-refractivity contribution in [1.82, 2.24) is 10.4 Å². The van der Waals surface area contributed by atoms with Gasteiger partial charge in [-0.3, -0.25) is 0 Å². The molecule has 1 saturated heterocycles. The molecule has 1 aliphatic carbocycles. The molecule has 2 aliphatic rings. The van der Waals surface area contributed by atoms with Crippen molar-refractivity contribution >= 4 is 15.9 Å². The van der Waals surface area contributed by atoms with Crippen molar-refractivity contribution in [1.29, 1.82) is 0 Å². The average molecular weight is 297 g/mol. The molecule has 92 valence electrons. The van der Waals surface area contributed by atoms with Crippen molar-refractivity contribution in [3.63, 3.8) is 0 Å². The van der Waals surface area contributed by atoms with Crippen LogP contribution in [0, 0.1) is 0 Å². The fraction of sp³-hybridized carbons (Fsp3) is 0.538. The maximum Gasteiger partial charge on any atom is 0.0608 e. The monoisotopic (exact) mass is 296 g/mol. The van der Waals surface area contributed by atoms with Crippen LogP contribution in [0.1, 0.15) is 23.6 Å². The molecule has 1 aromatic carbocycles. The van der Waals surface area contributed by atoms with Crippen LogP contribution < -0.4 is 5.43 Å². The first-order valence-electron chi connectivity index (χ1n) is 6.21. The molecule has 0 amide bonds. The standard InChI is InChI=1S/C13H17BrN2O/c14-12-3-1-2-11-10(12)4-5-13(11)15-16-6-8-17-9-7-16/h1-3,13,15H,4-9H2. The first-order chi connectivity index (χ1) is 8.34. The van der Waals surface area contributed by atoms with E-state index in [0.717, 1.165) is 26.3 Å². The summed E-state index contributed by atoms with van der Waals surface area (Å²) < 4.78 is 6.61. The maximum absolute atomic E-state index is 5.36. The van der Waals surface area contributed by atoms with Crippen LogP contribution >= 0.6 is 15.9 Å². The number of ether oxygens (including phenoxy) is 1. The molecule has 0 bridgehead atoms. The van der Waals surface area contributed by atoms with Gasteiger partial charge in [0.25, 0.3) is 0 Å². The highest BCUT2D eigenvalue weighted by Crippen LogP contribution is 2.35. The van der Waals surface area contributed by atoms with E-state index in [0.29, 0.717) is 6.04 Å². The van der Waals surface area contributed by atoms with E-state index >= 15 is 0 Å². The summed E-state index contributed by atoms with van der Waals surface area (Å²) in [6, 6.07) is 6.98. The number of morpholine rings is 1. The second kappa shape index (κ2) is 5.06. The summed E-state index contributed by atoms with van der Waals surface area (Å²) in [5.41, 5.74) is 6.55. The second-order valence-corrected chi connectivity index (χ2v) is 5.48. The van der Waals surface area contributed by atoms with Crippen LogP contribution in [0.5, 0.6) is 0 Å². The molecule has 1 N–H and O–H groups in total. The quantitative estimate of drug-likeness (QED) is 0.906. The largest absolute Gasteiger partial charge is 0.379 e. The van der Waals surface area contributed by atoms with Gasteiger partial charge in [-0.15, -0.1) is 0 Å². The van der Waals surface area contributed by atoms with Crippen molar-refractivity contribution in [3.8, 4) is 0 Å².